The predicted octanol–water partition coefficient (Wildman–Crippen LogP) is 3.60. The highest BCUT2D eigenvalue weighted by molar-refractivity contribution is 7.12. The molecule has 0 atom stereocenters. The standard InChI is InChI=1S/C18H19N3O2S/c1-11-4-5-14(10-22)9-16(11)20-17(23)15-8-12(2)21(13(15)3)18-19-6-7-24-18/h4-9,22H,10H2,1-3H3,(H,20,23). The van der Waals surface area contributed by atoms with Crippen LogP contribution in [0.4, 0.5) is 5.69 Å². The van der Waals surface area contributed by atoms with Gasteiger partial charge in [-0.3, -0.25) is 9.36 Å². The quantitative estimate of drug-likeness (QED) is 0.762. The molecule has 0 radical (unpaired) electrons. The van der Waals surface area contributed by atoms with Gasteiger partial charge < -0.3 is 10.4 Å². The van der Waals surface area contributed by atoms with Gasteiger partial charge >= 0.3 is 0 Å². The smallest absolute Gasteiger partial charge is 0.257 e. The first-order chi connectivity index (χ1) is 11.5. The molecule has 2 N–H and O–H groups in total. The molecule has 0 aliphatic heterocycles. The second-order valence-electron chi connectivity index (χ2n) is 5.70. The van der Waals surface area contributed by atoms with Crippen LogP contribution >= 0.6 is 11.3 Å². The molecule has 0 saturated heterocycles. The maximum absolute atomic E-state index is 12.7. The maximum atomic E-state index is 12.7. The molecular weight excluding hydrogens is 322 g/mol. The molecule has 5 nitrogen and oxygen atoms in total. The van der Waals surface area contributed by atoms with Gasteiger partial charge in [0.1, 0.15) is 0 Å². The van der Waals surface area contributed by atoms with Crippen LogP contribution in [0.1, 0.15) is 32.9 Å². The number of amides is 1. The number of aryl methyl sites for hydroxylation is 2. The molecule has 0 aliphatic rings. The molecule has 0 saturated carbocycles. The average molecular weight is 341 g/mol. The SMILES string of the molecule is Cc1ccc(CO)cc1NC(=O)c1cc(C)n(-c2nccs2)c1C. The average Bonchev–Trinajstić information content (AvgIpc) is 3.17. The Labute approximate surface area is 144 Å². The number of carbonyl (C=O) groups excluding carboxylic acids is 1. The van der Waals surface area contributed by atoms with Gasteiger partial charge in [-0.15, -0.1) is 11.3 Å². The van der Waals surface area contributed by atoms with Gasteiger partial charge in [-0.25, -0.2) is 4.98 Å². The van der Waals surface area contributed by atoms with E-state index in [1.165, 1.54) is 11.3 Å². The number of anilines is 1. The van der Waals surface area contributed by atoms with Gasteiger partial charge in [-0.05, 0) is 44.0 Å². The Hall–Kier alpha value is -2.44. The summed E-state index contributed by atoms with van der Waals surface area (Å²) in [7, 11) is 0. The molecule has 0 fully saturated rings. The van der Waals surface area contributed by atoms with E-state index in [4.69, 9.17) is 0 Å². The molecule has 6 heteroatoms. The van der Waals surface area contributed by atoms with Crippen molar-refractivity contribution in [3.63, 3.8) is 0 Å². The van der Waals surface area contributed by atoms with Crippen LogP contribution in [-0.2, 0) is 6.61 Å². The van der Waals surface area contributed by atoms with E-state index < -0.39 is 0 Å². The van der Waals surface area contributed by atoms with Crippen LogP contribution < -0.4 is 5.32 Å². The molecule has 0 unspecified atom stereocenters. The van der Waals surface area contributed by atoms with Gasteiger partial charge in [0.2, 0.25) is 0 Å². The number of rotatable bonds is 4. The lowest BCUT2D eigenvalue weighted by molar-refractivity contribution is 0.102. The molecule has 0 spiro atoms. The molecule has 2 aromatic heterocycles. The molecule has 124 valence electrons. The zero-order valence-electron chi connectivity index (χ0n) is 13.8. The van der Waals surface area contributed by atoms with Crippen molar-refractivity contribution < 1.29 is 9.90 Å². The molecular formula is C18H19N3O2S. The fourth-order valence-corrected chi connectivity index (χ4v) is 3.46. The minimum atomic E-state index is -0.163. The van der Waals surface area contributed by atoms with Crippen molar-refractivity contribution in [2.45, 2.75) is 27.4 Å². The Kier molecular flexibility index (Phi) is 4.51. The first-order valence-corrected chi connectivity index (χ1v) is 8.49. The van der Waals surface area contributed by atoms with Crippen molar-refractivity contribution in [1.82, 2.24) is 9.55 Å². The summed E-state index contributed by atoms with van der Waals surface area (Å²) in [5.41, 5.74) is 4.88. The van der Waals surface area contributed by atoms with Crippen LogP contribution in [0.3, 0.4) is 0 Å². The number of aliphatic hydroxyl groups excluding tert-OH is 1. The van der Waals surface area contributed by atoms with Gasteiger partial charge in [-0.2, -0.15) is 0 Å². The van der Waals surface area contributed by atoms with E-state index in [9.17, 15) is 9.90 Å². The lowest BCUT2D eigenvalue weighted by atomic mass is 10.1. The summed E-state index contributed by atoms with van der Waals surface area (Å²) in [6, 6.07) is 7.41. The summed E-state index contributed by atoms with van der Waals surface area (Å²) in [4.78, 5) is 17.0. The monoisotopic (exact) mass is 341 g/mol. The first-order valence-electron chi connectivity index (χ1n) is 7.62. The third-order valence-electron chi connectivity index (χ3n) is 4.02. The number of aromatic nitrogens is 2. The third-order valence-corrected chi connectivity index (χ3v) is 4.78. The zero-order chi connectivity index (χ0) is 17.3. The maximum Gasteiger partial charge on any atom is 0.257 e. The summed E-state index contributed by atoms with van der Waals surface area (Å²) in [6.07, 6.45) is 1.75. The van der Waals surface area contributed by atoms with E-state index in [1.54, 1.807) is 12.3 Å². The zero-order valence-corrected chi connectivity index (χ0v) is 14.6. The second kappa shape index (κ2) is 6.59. The van der Waals surface area contributed by atoms with Gasteiger partial charge in [0.25, 0.3) is 5.91 Å². The molecule has 1 aromatic carbocycles. The van der Waals surface area contributed by atoms with E-state index in [1.807, 2.05) is 48.9 Å². The fourth-order valence-electron chi connectivity index (χ4n) is 2.71. The van der Waals surface area contributed by atoms with Crippen molar-refractivity contribution in [2.24, 2.45) is 0 Å². The lowest BCUT2D eigenvalue weighted by Gasteiger charge is -2.10. The first kappa shape index (κ1) is 16.4. The second-order valence-corrected chi connectivity index (χ2v) is 6.57. The van der Waals surface area contributed by atoms with Crippen LogP contribution in [0.15, 0.2) is 35.8 Å². The molecule has 24 heavy (non-hydrogen) atoms. The predicted molar refractivity (Wildman–Crippen MR) is 96.0 cm³/mol. The van der Waals surface area contributed by atoms with Gasteiger partial charge in [0.15, 0.2) is 5.13 Å². The summed E-state index contributed by atoms with van der Waals surface area (Å²) < 4.78 is 1.98. The van der Waals surface area contributed by atoms with Gasteiger partial charge in [0, 0.05) is 28.7 Å². The summed E-state index contributed by atoms with van der Waals surface area (Å²) >= 11 is 1.53. The molecule has 3 rings (SSSR count). The summed E-state index contributed by atoms with van der Waals surface area (Å²) in [6.45, 7) is 5.75. The van der Waals surface area contributed by atoms with Crippen LogP contribution in [0, 0.1) is 20.8 Å². The third kappa shape index (κ3) is 2.98. The lowest BCUT2D eigenvalue weighted by Crippen LogP contribution is -2.14. The number of nitrogens with one attached hydrogen (secondary N) is 1. The molecule has 0 aliphatic carbocycles. The summed E-state index contributed by atoms with van der Waals surface area (Å²) in [5.74, 6) is -0.163. The highest BCUT2D eigenvalue weighted by Gasteiger charge is 2.18. The Bertz CT molecular complexity index is 882. The largest absolute Gasteiger partial charge is 0.392 e. The van der Waals surface area contributed by atoms with Crippen LogP contribution in [0.5, 0.6) is 0 Å². The highest BCUT2D eigenvalue weighted by Crippen LogP contribution is 2.24. The number of benzene rings is 1. The van der Waals surface area contributed by atoms with E-state index in [0.717, 1.165) is 27.6 Å². The number of aliphatic hydroxyl groups is 1. The number of hydrogen-bond acceptors (Lipinski definition) is 4. The molecule has 0 bridgehead atoms. The Balaban J connectivity index is 1.93. The fraction of sp³-hybridized carbons (Fsp3) is 0.222. The van der Waals surface area contributed by atoms with E-state index in [2.05, 4.69) is 10.3 Å². The van der Waals surface area contributed by atoms with Crippen molar-refractivity contribution in [3.05, 3.63) is 63.9 Å². The van der Waals surface area contributed by atoms with E-state index in [0.29, 0.717) is 11.3 Å². The Morgan fingerprint density at radius 1 is 1.29 bits per heavy atom. The van der Waals surface area contributed by atoms with Crippen molar-refractivity contribution >= 4 is 22.9 Å². The molecule has 3 aromatic rings. The number of hydrogen-bond donors (Lipinski definition) is 2. The minimum absolute atomic E-state index is 0.0539. The van der Waals surface area contributed by atoms with Crippen LogP contribution in [0.2, 0.25) is 0 Å². The number of thiazole rings is 1. The Morgan fingerprint density at radius 2 is 2.08 bits per heavy atom. The van der Waals surface area contributed by atoms with Crippen molar-refractivity contribution in [2.75, 3.05) is 5.32 Å². The minimum Gasteiger partial charge on any atom is -0.392 e. The molecule has 1 amide bonds. The van der Waals surface area contributed by atoms with Crippen LogP contribution in [-0.4, -0.2) is 20.6 Å². The van der Waals surface area contributed by atoms with E-state index in [-0.39, 0.29) is 12.5 Å². The normalized spacial score (nSPS) is 10.8. The van der Waals surface area contributed by atoms with Crippen LogP contribution in [0.25, 0.3) is 5.13 Å². The van der Waals surface area contributed by atoms with Crippen molar-refractivity contribution in [3.8, 4) is 5.13 Å². The summed E-state index contributed by atoms with van der Waals surface area (Å²) in [5, 5.41) is 15.0. The van der Waals surface area contributed by atoms with Gasteiger partial charge in [0.05, 0.1) is 12.2 Å². The number of carbonyl (C=O) groups is 1. The van der Waals surface area contributed by atoms with Gasteiger partial charge in [-0.1, -0.05) is 12.1 Å². The molecule has 2 heterocycles. The topological polar surface area (TPSA) is 67.2 Å². The number of nitrogens with zero attached hydrogens (tertiary/aromatic N) is 2. The Morgan fingerprint density at radius 3 is 2.75 bits per heavy atom. The highest BCUT2D eigenvalue weighted by atomic mass is 32.1. The van der Waals surface area contributed by atoms with Crippen molar-refractivity contribution in [1.29, 1.82) is 0 Å². The van der Waals surface area contributed by atoms with E-state index >= 15 is 0 Å².